The number of aromatic nitrogens is 2. The van der Waals surface area contributed by atoms with Gasteiger partial charge in [-0.2, -0.15) is 0 Å². The van der Waals surface area contributed by atoms with Gasteiger partial charge >= 0.3 is 5.97 Å². The van der Waals surface area contributed by atoms with Crippen LogP contribution in [0.25, 0.3) is 21.9 Å². The molecule has 4 aromatic rings. The van der Waals surface area contributed by atoms with E-state index in [1.165, 1.54) is 11.3 Å². The second kappa shape index (κ2) is 8.37. The molecular formula is C21H15ClN2O3S. The van der Waals surface area contributed by atoms with E-state index < -0.39 is 0 Å². The quantitative estimate of drug-likeness (QED) is 0.398. The van der Waals surface area contributed by atoms with E-state index in [0.29, 0.717) is 22.4 Å². The third kappa shape index (κ3) is 4.47. The molecule has 0 aliphatic rings. The molecule has 0 radical (unpaired) electrons. The Morgan fingerprint density at radius 3 is 2.64 bits per heavy atom. The van der Waals surface area contributed by atoms with Crippen LogP contribution in [0.2, 0.25) is 5.02 Å². The van der Waals surface area contributed by atoms with Crippen molar-refractivity contribution < 1.29 is 13.9 Å². The molecule has 0 bridgehead atoms. The molecule has 0 aliphatic heterocycles. The van der Waals surface area contributed by atoms with Crippen molar-refractivity contribution in [1.29, 1.82) is 0 Å². The molecule has 2 heterocycles. The number of esters is 1. The summed E-state index contributed by atoms with van der Waals surface area (Å²) >= 11 is 7.38. The lowest BCUT2D eigenvalue weighted by atomic mass is 10.2. The molecule has 0 atom stereocenters. The Labute approximate surface area is 170 Å². The average molecular weight is 411 g/mol. The van der Waals surface area contributed by atoms with Crippen LogP contribution in [-0.2, 0) is 22.6 Å². The molecule has 0 saturated carbocycles. The summed E-state index contributed by atoms with van der Waals surface area (Å²) in [5.74, 6) is 0.610. The van der Waals surface area contributed by atoms with Crippen LogP contribution in [0.3, 0.4) is 0 Å². The molecule has 5 nitrogen and oxygen atoms in total. The first kappa shape index (κ1) is 18.4. The second-order valence-electron chi connectivity index (χ2n) is 5.97. The van der Waals surface area contributed by atoms with Crippen molar-refractivity contribution >= 4 is 28.9 Å². The highest BCUT2D eigenvalue weighted by Gasteiger charge is 2.12. The number of ether oxygens (including phenoxy) is 1. The molecule has 2 aromatic heterocycles. The Kier molecular flexibility index (Phi) is 5.50. The predicted octanol–water partition coefficient (Wildman–Crippen LogP) is 5.40. The number of nitrogens with zero attached hydrogens (tertiary/aromatic N) is 2. The van der Waals surface area contributed by atoms with E-state index in [4.69, 9.17) is 20.8 Å². The second-order valence-corrected chi connectivity index (χ2v) is 7.27. The molecule has 2 aromatic carbocycles. The molecule has 0 aliphatic carbocycles. The van der Waals surface area contributed by atoms with Crippen LogP contribution in [-0.4, -0.2) is 15.9 Å². The Balaban J connectivity index is 1.33. The topological polar surface area (TPSA) is 65.2 Å². The normalized spacial score (nSPS) is 10.8. The van der Waals surface area contributed by atoms with E-state index in [1.807, 2.05) is 60.0 Å². The van der Waals surface area contributed by atoms with Gasteiger partial charge in [0.1, 0.15) is 5.01 Å². The van der Waals surface area contributed by atoms with Gasteiger partial charge in [-0.3, -0.25) is 4.79 Å². The molecule has 0 N–H and O–H groups in total. The summed E-state index contributed by atoms with van der Waals surface area (Å²) in [7, 11) is 0. The minimum absolute atomic E-state index is 0.0140. The van der Waals surface area contributed by atoms with Crippen molar-refractivity contribution in [2.45, 2.75) is 13.0 Å². The van der Waals surface area contributed by atoms with Crippen LogP contribution < -0.4 is 0 Å². The van der Waals surface area contributed by atoms with Gasteiger partial charge in [-0.1, -0.05) is 54.1 Å². The molecular weight excluding hydrogens is 396 g/mol. The van der Waals surface area contributed by atoms with E-state index in [9.17, 15) is 4.79 Å². The molecule has 0 unspecified atom stereocenters. The van der Waals surface area contributed by atoms with Crippen molar-refractivity contribution in [3.63, 3.8) is 0 Å². The van der Waals surface area contributed by atoms with Crippen molar-refractivity contribution in [1.82, 2.24) is 9.97 Å². The van der Waals surface area contributed by atoms with Gasteiger partial charge in [-0.05, 0) is 12.1 Å². The molecule has 0 fully saturated rings. The number of benzene rings is 2. The van der Waals surface area contributed by atoms with Gasteiger partial charge in [0.25, 0.3) is 0 Å². The molecule has 28 heavy (non-hydrogen) atoms. The molecule has 0 spiro atoms. The molecule has 4 rings (SSSR count). The van der Waals surface area contributed by atoms with Crippen LogP contribution in [0.5, 0.6) is 0 Å². The van der Waals surface area contributed by atoms with E-state index >= 15 is 0 Å². The Bertz CT molecular complexity index is 1070. The predicted molar refractivity (Wildman–Crippen MR) is 108 cm³/mol. The lowest BCUT2D eigenvalue weighted by molar-refractivity contribution is -0.144. The summed E-state index contributed by atoms with van der Waals surface area (Å²) in [6.07, 6.45) is 1.72. The number of hydrogen-bond donors (Lipinski definition) is 0. The van der Waals surface area contributed by atoms with Crippen LogP contribution in [0.1, 0.15) is 11.6 Å². The minimum atomic E-state index is -0.382. The largest absolute Gasteiger partial charge is 0.455 e. The fraction of sp³-hybridized carbons (Fsp3) is 0.0952. The Morgan fingerprint density at radius 2 is 1.86 bits per heavy atom. The van der Waals surface area contributed by atoms with Crippen LogP contribution in [0.15, 0.2) is 70.6 Å². The van der Waals surface area contributed by atoms with Gasteiger partial charge in [0.05, 0.1) is 18.3 Å². The van der Waals surface area contributed by atoms with Crippen molar-refractivity contribution in [3.8, 4) is 21.9 Å². The lowest BCUT2D eigenvalue weighted by Gasteiger charge is -2.01. The van der Waals surface area contributed by atoms with Crippen molar-refractivity contribution in [2.24, 2.45) is 0 Å². The zero-order valence-corrected chi connectivity index (χ0v) is 16.2. The Morgan fingerprint density at radius 1 is 1.07 bits per heavy atom. The summed E-state index contributed by atoms with van der Waals surface area (Å²) in [5, 5.41) is 3.36. The summed E-state index contributed by atoms with van der Waals surface area (Å²) in [4.78, 5) is 20.7. The molecule has 140 valence electrons. The highest BCUT2D eigenvalue weighted by atomic mass is 35.5. The minimum Gasteiger partial charge on any atom is -0.455 e. The summed E-state index contributed by atoms with van der Waals surface area (Å²) in [5.41, 5.74) is 2.55. The number of rotatable bonds is 6. The SMILES string of the molecule is O=C(Cc1csc(-c2ccc(Cl)cc2)n1)OCc1ncc(-c2ccccc2)o1. The first-order valence-electron chi connectivity index (χ1n) is 8.53. The maximum absolute atomic E-state index is 12.1. The summed E-state index contributed by atoms with van der Waals surface area (Å²) in [6, 6.07) is 17.0. The van der Waals surface area contributed by atoms with Crippen molar-refractivity contribution in [2.75, 3.05) is 0 Å². The fourth-order valence-corrected chi connectivity index (χ4v) is 3.52. The summed E-state index contributed by atoms with van der Waals surface area (Å²) < 4.78 is 10.9. The monoisotopic (exact) mass is 410 g/mol. The number of carbonyl (C=O) groups excluding carboxylic acids is 1. The van der Waals surface area contributed by atoms with E-state index in [1.54, 1.807) is 6.20 Å². The van der Waals surface area contributed by atoms with E-state index in [-0.39, 0.29) is 19.0 Å². The van der Waals surface area contributed by atoms with E-state index in [2.05, 4.69) is 9.97 Å². The first-order chi connectivity index (χ1) is 13.7. The maximum atomic E-state index is 12.1. The first-order valence-corrected chi connectivity index (χ1v) is 9.79. The molecule has 0 saturated heterocycles. The zero-order valence-electron chi connectivity index (χ0n) is 14.7. The van der Waals surface area contributed by atoms with Gasteiger partial charge in [-0.15, -0.1) is 11.3 Å². The molecule has 0 amide bonds. The summed E-state index contributed by atoms with van der Waals surface area (Å²) in [6.45, 7) is -0.0140. The van der Waals surface area contributed by atoms with E-state index in [0.717, 1.165) is 16.1 Å². The zero-order chi connectivity index (χ0) is 19.3. The number of oxazole rings is 1. The van der Waals surface area contributed by atoms with Crippen LogP contribution in [0, 0.1) is 0 Å². The van der Waals surface area contributed by atoms with Crippen LogP contribution >= 0.6 is 22.9 Å². The third-order valence-electron chi connectivity index (χ3n) is 3.94. The van der Waals surface area contributed by atoms with Gasteiger partial charge < -0.3 is 9.15 Å². The third-order valence-corrected chi connectivity index (χ3v) is 5.13. The fourth-order valence-electron chi connectivity index (χ4n) is 2.57. The van der Waals surface area contributed by atoms with Gasteiger partial charge in [0.15, 0.2) is 12.4 Å². The number of carbonyl (C=O) groups is 1. The van der Waals surface area contributed by atoms with Gasteiger partial charge in [0.2, 0.25) is 5.89 Å². The highest BCUT2D eigenvalue weighted by molar-refractivity contribution is 7.13. The highest BCUT2D eigenvalue weighted by Crippen LogP contribution is 2.25. The number of thiazole rings is 1. The lowest BCUT2D eigenvalue weighted by Crippen LogP contribution is -2.08. The standard InChI is InChI=1S/C21H15ClN2O3S/c22-16-8-6-15(7-9-16)21-24-17(13-28-21)10-20(25)26-12-19-23-11-18(27-19)14-4-2-1-3-5-14/h1-9,11,13H,10,12H2. The molecule has 7 heteroatoms. The smallest absolute Gasteiger partial charge is 0.312 e. The number of hydrogen-bond acceptors (Lipinski definition) is 6. The van der Waals surface area contributed by atoms with Gasteiger partial charge in [0, 0.05) is 21.5 Å². The average Bonchev–Trinajstić information content (AvgIpc) is 3.37. The Hall–Kier alpha value is -2.96. The van der Waals surface area contributed by atoms with Crippen LogP contribution in [0.4, 0.5) is 0 Å². The van der Waals surface area contributed by atoms with Gasteiger partial charge in [-0.25, -0.2) is 9.97 Å². The van der Waals surface area contributed by atoms with Crippen molar-refractivity contribution in [3.05, 3.63) is 82.8 Å². The maximum Gasteiger partial charge on any atom is 0.312 e. The number of halogens is 1.